The second-order valence-electron chi connectivity index (χ2n) is 6.28. The van der Waals surface area contributed by atoms with Crippen molar-refractivity contribution in [2.45, 2.75) is 26.2 Å². The van der Waals surface area contributed by atoms with Gasteiger partial charge in [0.1, 0.15) is 0 Å². The number of carbonyl (C=O) groups excluding carboxylic acids is 1. The summed E-state index contributed by atoms with van der Waals surface area (Å²) in [5.41, 5.74) is 7.66. The Bertz CT molecular complexity index is 767. The summed E-state index contributed by atoms with van der Waals surface area (Å²) in [6, 6.07) is 14.6. The number of hydrogen-bond donors (Lipinski definition) is 0. The van der Waals surface area contributed by atoms with Gasteiger partial charge in [-0.15, -0.1) is 0 Å². The molecule has 4 rings (SSSR count). The molecule has 0 radical (unpaired) electrons. The summed E-state index contributed by atoms with van der Waals surface area (Å²) in [6.07, 6.45) is 5.10. The van der Waals surface area contributed by atoms with Gasteiger partial charge in [0.2, 0.25) is 0 Å². The Morgan fingerprint density at radius 2 is 1.86 bits per heavy atom. The van der Waals surface area contributed by atoms with E-state index >= 15 is 0 Å². The average molecular weight is 274 g/mol. The van der Waals surface area contributed by atoms with Crippen LogP contribution in [-0.4, -0.2) is 5.78 Å². The molecule has 1 nitrogen and oxygen atoms in total. The number of Topliss-reactive ketones (excluding diaryl/α,β-unsaturated/α-hetero) is 1. The minimum absolute atomic E-state index is 0.114. The molecule has 1 atom stereocenters. The molecular formula is C20H18O. The summed E-state index contributed by atoms with van der Waals surface area (Å²) in [5.74, 6) is 0.435. The molecule has 0 saturated heterocycles. The first-order valence-electron chi connectivity index (χ1n) is 7.62. The van der Waals surface area contributed by atoms with Crippen molar-refractivity contribution in [3.63, 3.8) is 0 Å². The molecule has 0 saturated carbocycles. The van der Waals surface area contributed by atoms with Crippen LogP contribution in [0.2, 0.25) is 0 Å². The highest BCUT2D eigenvalue weighted by Crippen LogP contribution is 2.33. The van der Waals surface area contributed by atoms with Gasteiger partial charge in [0.05, 0.1) is 0 Å². The van der Waals surface area contributed by atoms with Crippen LogP contribution in [0.15, 0.2) is 48.0 Å². The van der Waals surface area contributed by atoms with Crippen LogP contribution in [0.5, 0.6) is 0 Å². The van der Waals surface area contributed by atoms with Gasteiger partial charge in [-0.3, -0.25) is 4.79 Å². The molecule has 0 spiro atoms. The Morgan fingerprint density at radius 1 is 1.05 bits per heavy atom. The standard InChI is InChI=1S/C20H18O/c1-13-9-14-6-4-7-16(19(14)10-13)12-17-11-15-5-2-3-8-18(15)20(17)21/h2-8,10,17H,9,11-12H2,1H3. The lowest BCUT2D eigenvalue weighted by atomic mass is 9.91. The first kappa shape index (κ1) is 12.6. The molecule has 1 unspecified atom stereocenters. The first-order chi connectivity index (χ1) is 10.2. The lowest BCUT2D eigenvalue weighted by molar-refractivity contribution is 0.0936. The largest absolute Gasteiger partial charge is 0.294 e. The van der Waals surface area contributed by atoms with E-state index < -0.39 is 0 Å². The fourth-order valence-corrected chi connectivity index (χ4v) is 3.73. The molecule has 0 N–H and O–H groups in total. The number of fused-ring (bicyclic) bond motifs is 2. The number of allylic oxidation sites excluding steroid dienone is 1. The molecule has 0 fully saturated rings. The van der Waals surface area contributed by atoms with E-state index in [9.17, 15) is 4.79 Å². The van der Waals surface area contributed by atoms with Gasteiger partial charge in [-0.2, -0.15) is 0 Å². The molecule has 104 valence electrons. The van der Waals surface area contributed by atoms with Crippen LogP contribution in [0.1, 0.15) is 39.5 Å². The highest BCUT2D eigenvalue weighted by Gasteiger charge is 2.30. The number of hydrogen-bond acceptors (Lipinski definition) is 1. The minimum atomic E-state index is 0.114. The van der Waals surface area contributed by atoms with Crippen molar-refractivity contribution in [1.82, 2.24) is 0 Å². The van der Waals surface area contributed by atoms with Crippen LogP contribution in [0.25, 0.3) is 6.08 Å². The third-order valence-electron chi connectivity index (χ3n) is 4.73. The minimum Gasteiger partial charge on any atom is -0.294 e. The van der Waals surface area contributed by atoms with Crippen LogP contribution in [0.4, 0.5) is 0 Å². The zero-order valence-corrected chi connectivity index (χ0v) is 12.2. The summed E-state index contributed by atoms with van der Waals surface area (Å²) in [4.78, 5) is 12.6. The van der Waals surface area contributed by atoms with Crippen molar-refractivity contribution in [3.8, 4) is 0 Å². The molecule has 0 heterocycles. The molecular weight excluding hydrogens is 256 g/mol. The van der Waals surface area contributed by atoms with Crippen LogP contribution in [0, 0.1) is 5.92 Å². The smallest absolute Gasteiger partial charge is 0.166 e. The Labute approximate surface area is 125 Å². The van der Waals surface area contributed by atoms with Gasteiger partial charge in [-0.25, -0.2) is 0 Å². The monoisotopic (exact) mass is 274 g/mol. The van der Waals surface area contributed by atoms with E-state index in [0.29, 0.717) is 5.78 Å². The maximum absolute atomic E-state index is 12.6. The van der Waals surface area contributed by atoms with E-state index in [-0.39, 0.29) is 5.92 Å². The van der Waals surface area contributed by atoms with Crippen LogP contribution >= 0.6 is 0 Å². The highest BCUT2D eigenvalue weighted by atomic mass is 16.1. The highest BCUT2D eigenvalue weighted by molar-refractivity contribution is 6.02. The fraction of sp³-hybridized carbons (Fsp3) is 0.250. The van der Waals surface area contributed by atoms with Gasteiger partial charge < -0.3 is 0 Å². The van der Waals surface area contributed by atoms with Crippen LogP contribution in [-0.2, 0) is 19.3 Å². The van der Waals surface area contributed by atoms with Gasteiger partial charge in [0.15, 0.2) is 5.78 Å². The third-order valence-corrected chi connectivity index (χ3v) is 4.73. The van der Waals surface area contributed by atoms with Gasteiger partial charge >= 0.3 is 0 Å². The maximum Gasteiger partial charge on any atom is 0.166 e. The first-order valence-corrected chi connectivity index (χ1v) is 7.62. The lowest BCUT2D eigenvalue weighted by Crippen LogP contribution is -2.13. The van der Waals surface area contributed by atoms with Crippen molar-refractivity contribution < 1.29 is 4.79 Å². The maximum atomic E-state index is 12.6. The Morgan fingerprint density at radius 3 is 2.71 bits per heavy atom. The van der Waals surface area contributed by atoms with Gasteiger partial charge in [0, 0.05) is 11.5 Å². The zero-order chi connectivity index (χ0) is 14.4. The van der Waals surface area contributed by atoms with E-state index in [1.54, 1.807) is 0 Å². The zero-order valence-electron chi connectivity index (χ0n) is 12.2. The normalized spacial score (nSPS) is 19.4. The second kappa shape index (κ2) is 4.70. The van der Waals surface area contributed by atoms with E-state index in [2.05, 4.69) is 37.3 Å². The number of benzene rings is 2. The molecule has 1 heteroatoms. The molecule has 0 aromatic heterocycles. The summed E-state index contributed by atoms with van der Waals surface area (Å²) >= 11 is 0. The van der Waals surface area contributed by atoms with Crippen molar-refractivity contribution in [1.29, 1.82) is 0 Å². The molecule has 0 bridgehead atoms. The molecule has 0 aliphatic heterocycles. The molecule has 0 amide bonds. The molecule has 2 aliphatic carbocycles. The Kier molecular flexibility index (Phi) is 2.81. The topological polar surface area (TPSA) is 17.1 Å². The van der Waals surface area contributed by atoms with Gasteiger partial charge in [0.25, 0.3) is 0 Å². The fourth-order valence-electron chi connectivity index (χ4n) is 3.73. The van der Waals surface area contributed by atoms with Crippen molar-refractivity contribution >= 4 is 11.9 Å². The quantitative estimate of drug-likeness (QED) is 0.800. The van der Waals surface area contributed by atoms with E-state index in [1.165, 1.54) is 27.8 Å². The predicted octanol–water partition coefficient (Wildman–Crippen LogP) is 4.24. The van der Waals surface area contributed by atoms with Gasteiger partial charge in [-0.05, 0) is 48.4 Å². The van der Waals surface area contributed by atoms with Crippen LogP contribution < -0.4 is 0 Å². The SMILES string of the molecule is CC1=Cc2c(cccc2CC2Cc3ccccc3C2=O)C1. The summed E-state index contributed by atoms with van der Waals surface area (Å²) in [6.45, 7) is 2.18. The predicted molar refractivity (Wildman–Crippen MR) is 85.5 cm³/mol. The summed E-state index contributed by atoms with van der Waals surface area (Å²) in [7, 11) is 0. The van der Waals surface area contributed by atoms with Crippen molar-refractivity contribution in [3.05, 3.63) is 75.9 Å². The van der Waals surface area contributed by atoms with E-state index in [4.69, 9.17) is 0 Å². The third kappa shape index (κ3) is 2.04. The number of rotatable bonds is 2. The Balaban J connectivity index is 1.65. The number of ketones is 1. The lowest BCUT2D eigenvalue weighted by Gasteiger charge is -2.11. The number of carbonyl (C=O) groups is 1. The second-order valence-corrected chi connectivity index (χ2v) is 6.28. The average Bonchev–Trinajstić information content (AvgIpc) is 3.01. The molecule has 2 aromatic carbocycles. The van der Waals surface area contributed by atoms with Gasteiger partial charge in [-0.1, -0.05) is 54.1 Å². The van der Waals surface area contributed by atoms with Crippen LogP contribution in [0.3, 0.4) is 0 Å². The summed E-state index contributed by atoms with van der Waals surface area (Å²) in [5, 5.41) is 0. The van der Waals surface area contributed by atoms with Crippen molar-refractivity contribution in [2.75, 3.05) is 0 Å². The molecule has 21 heavy (non-hydrogen) atoms. The van der Waals surface area contributed by atoms with E-state index in [0.717, 1.165) is 24.8 Å². The van der Waals surface area contributed by atoms with E-state index in [1.807, 2.05) is 18.2 Å². The van der Waals surface area contributed by atoms with Crippen molar-refractivity contribution in [2.24, 2.45) is 5.92 Å². The molecule has 2 aliphatic rings. The Hall–Kier alpha value is -2.15. The molecule has 2 aromatic rings. The summed E-state index contributed by atoms with van der Waals surface area (Å²) < 4.78 is 0.